The topological polar surface area (TPSA) is 59.6 Å². The van der Waals surface area contributed by atoms with Crippen LogP contribution in [0.2, 0.25) is 0 Å². The second-order valence-corrected chi connectivity index (χ2v) is 5.75. The van der Waals surface area contributed by atoms with E-state index in [9.17, 15) is 4.79 Å². The van der Waals surface area contributed by atoms with Crippen molar-refractivity contribution >= 4 is 30.7 Å². The van der Waals surface area contributed by atoms with Crippen molar-refractivity contribution in [3.63, 3.8) is 0 Å². The molecule has 5 nitrogen and oxygen atoms in total. The molecule has 2 aromatic carbocycles. The summed E-state index contributed by atoms with van der Waals surface area (Å²) < 4.78 is 5.52. The number of hydrogen-bond donors (Lipinski definition) is 2. The minimum atomic E-state index is -0.289. The van der Waals surface area contributed by atoms with Crippen LogP contribution in [-0.2, 0) is 4.84 Å². The molecule has 1 saturated heterocycles. The third kappa shape index (κ3) is 5.35. The van der Waals surface area contributed by atoms with Gasteiger partial charge in [0.15, 0.2) is 0 Å². The first-order chi connectivity index (χ1) is 11.8. The maximum Gasteiger partial charge on any atom is 0.278 e. The molecule has 0 aliphatic carbocycles. The fraction of sp³-hybridized carbons (Fsp3) is 0.316. The summed E-state index contributed by atoms with van der Waals surface area (Å²) in [4.78, 5) is 18.1. The van der Waals surface area contributed by atoms with E-state index in [2.05, 4.69) is 10.8 Å². The Hall–Kier alpha value is -1.79. The summed E-state index contributed by atoms with van der Waals surface area (Å²) in [5.74, 6) is 0.262. The lowest BCUT2D eigenvalue weighted by atomic mass is 10.0. The molecule has 0 radical (unpaired) electrons. The van der Waals surface area contributed by atoms with E-state index in [0.717, 1.165) is 37.1 Å². The van der Waals surface area contributed by atoms with E-state index >= 15 is 0 Å². The molecule has 1 aliphatic rings. The van der Waals surface area contributed by atoms with E-state index in [1.165, 1.54) is 0 Å². The van der Waals surface area contributed by atoms with Gasteiger partial charge in [-0.1, -0.05) is 42.5 Å². The number of rotatable bonds is 5. The Morgan fingerprint density at radius 2 is 1.73 bits per heavy atom. The SMILES string of the molecule is COc1c(C(=O)NOC2CCNCC2)cccc1-c1ccccc1.Cl.Cl. The summed E-state index contributed by atoms with van der Waals surface area (Å²) in [6, 6.07) is 15.4. The zero-order valence-electron chi connectivity index (χ0n) is 14.6. The van der Waals surface area contributed by atoms with Crippen LogP contribution in [0.4, 0.5) is 0 Å². The number of benzene rings is 2. The lowest BCUT2D eigenvalue weighted by Gasteiger charge is -2.22. The monoisotopic (exact) mass is 398 g/mol. The van der Waals surface area contributed by atoms with Crippen LogP contribution in [0.5, 0.6) is 5.75 Å². The Labute approximate surface area is 166 Å². The molecule has 1 heterocycles. The summed E-state index contributed by atoms with van der Waals surface area (Å²) in [5.41, 5.74) is 4.93. The number of para-hydroxylation sites is 1. The van der Waals surface area contributed by atoms with Crippen molar-refractivity contribution in [1.29, 1.82) is 0 Å². The van der Waals surface area contributed by atoms with Crippen molar-refractivity contribution < 1.29 is 14.4 Å². The quantitative estimate of drug-likeness (QED) is 0.755. The fourth-order valence-electron chi connectivity index (χ4n) is 2.89. The highest BCUT2D eigenvalue weighted by atomic mass is 35.5. The highest BCUT2D eigenvalue weighted by molar-refractivity contribution is 5.98. The Balaban J connectivity index is 0.00000169. The van der Waals surface area contributed by atoms with Crippen LogP contribution in [0.25, 0.3) is 11.1 Å². The van der Waals surface area contributed by atoms with Crippen LogP contribution in [-0.4, -0.2) is 32.2 Å². The van der Waals surface area contributed by atoms with Gasteiger partial charge in [-0.3, -0.25) is 9.63 Å². The van der Waals surface area contributed by atoms with E-state index in [0.29, 0.717) is 11.3 Å². The molecule has 1 fully saturated rings. The molecule has 26 heavy (non-hydrogen) atoms. The number of hydrogen-bond acceptors (Lipinski definition) is 4. The highest BCUT2D eigenvalue weighted by Crippen LogP contribution is 2.33. The second-order valence-electron chi connectivity index (χ2n) is 5.75. The van der Waals surface area contributed by atoms with Crippen molar-refractivity contribution in [2.45, 2.75) is 18.9 Å². The lowest BCUT2D eigenvalue weighted by Crippen LogP contribution is -2.37. The molecule has 2 N–H and O–H groups in total. The van der Waals surface area contributed by atoms with Crippen LogP contribution >= 0.6 is 24.8 Å². The van der Waals surface area contributed by atoms with Gasteiger partial charge < -0.3 is 10.1 Å². The third-order valence-electron chi connectivity index (χ3n) is 4.15. The van der Waals surface area contributed by atoms with Crippen molar-refractivity contribution in [2.24, 2.45) is 0 Å². The first-order valence-electron chi connectivity index (χ1n) is 8.18. The molecule has 3 rings (SSSR count). The molecular weight excluding hydrogens is 375 g/mol. The van der Waals surface area contributed by atoms with E-state index in [1.54, 1.807) is 13.2 Å². The maximum absolute atomic E-state index is 12.5. The molecule has 0 spiro atoms. The first-order valence-corrected chi connectivity index (χ1v) is 8.18. The molecule has 0 unspecified atom stereocenters. The molecule has 0 saturated carbocycles. The predicted molar refractivity (Wildman–Crippen MR) is 107 cm³/mol. The van der Waals surface area contributed by atoms with Crippen molar-refractivity contribution in [1.82, 2.24) is 10.8 Å². The Morgan fingerprint density at radius 3 is 2.38 bits per heavy atom. The lowest BCUT2D eigenvalue weighted by molar-refractivity contribution is -0.0283. The number of methoxy groups -OCH3 is 1. The molecule has 0 bridgehead atoms. The molecule has 0 atom stereocenters. The van der Waals surface area contributed by atoms with Gasteiger partial charge in [0.1, 0.15) is 5.75 Å². The maximum atomic E-state index is 12.5. The summed E-state index contributed by atoms with van der Waals surface area (Å²) in [7, 11) is 1.58. The van der Waals surface area contributed by atoms with Crippen LogP contribution in [0, 0.1) is 0 Å². The number of hydroxylamine groups is 1. The van der Waals surface area contributed by atoms with Crippen LogP contribution in [0.1, 0.15) is 23.2 Å². The predicted octanol–water partition coefficient (Wildman–Crippen LogP) is 3.62. The smallest absolute Gasteiger partial charge is 0.278 e. The number of amides is 1. The van der Waals surface area contributed by atoms with E-state index < -0.39 is 0 Å². The van der Waals surface area contributed by atoms with Gasteiger partial charge in [-0.2, -0.15) is 0 Å². The number of piperidine rings is 1. The van der Waals surface area contributed by atoms with Crippen molar-refractivity contribution in [3.8, 4) is 16.9 Å². The van der Waals surface area contributed by atoms with E-state index in [4.69, 9.17) is 9.57 Å². The van der Waals surface area contributed by atoms with Gasteiger partial charge in [0, 0.05) is 5.56 Å². The van der Waals surface area contributed by atoms with Gasteiger partial charge >= 0.3 is 0 Å². The second kappa shape index (κ2) is 11.0. The van der Waals surface area contributed by atoms with E-state index in [-0.39, 0.29) is 36.8 Å². The minimum absolute atomic E-state index is 0. The van der Waals surface area contributed by atoms with Crippen LogP contribution in [0.3, 0.4) is 0 Å². The molecule has 0 aromatic heterocycles. The summed E-state index contributed by atoms with van der Waals surface area (Å²) in [6.45, 7) is 1.82. The van der Waals surface area contributed by atoms with Gasteiger partial charge in [0.25, 0.3) is 5.91 Å². The Kier molecular flexibility index (Phi) is 9.44. The van der Waals surface area contributed by atoms with E-state index in [1.807, 2.05) is 42.5 Å². The molecule has 7 heteroatoms. The Morgan fingerprint density at radius 1 is 1.04 bits per heavy atom. The third-order valence-corrected chi connectivity index (χ3v) is 4.15. The van der Waals surface area contributed by atoms with Gasteiger partial charge in [-0.15, -0.1) is 24.8 Å². The molecular formula is C19H24Cl2N2O3. The van der Waals surface area contributed by atoms with Gasteiger partial charge in [-0.25, -0.2) is 5.48 Å². The average Bonchev–Trinajstić information content (AvgIpc) is 2.67. The zero-order chi connectivity index (χ0) is 16.8. The highest BCUT2D eigenvalue weighted by Gasteiger charge is 2.19. The summed E-state index contributed by atoms with van der Waals surface area (Å²) in [5, 5.41) is 3.27. The summed E-state index contributed by atoms with van der Waals surface area (Å²) in [6.07, 6.45) is 1.83. The first kappa shape index (κ1) is 22.3. The fourth-order valence-corrected chi connectivity index (χ4v) is 2.89. The van der Waals surface area contributed by atoms with Gasteiger partial charge in [0.2, 0.25) is 0 Å². The number of nitrogens with one attached hydrogen (secondary N) is 2. The van der Waals surface area contributed by atoms with Gasteiger partial charge in [0.05, 0.1) is 18.8 Å². The van der Waals surface area contributed by atoms with Gasteiger partial charge in [-0.05, 0) is 37.6 Å². The number of halogens is 2. The number of ether oxygens (including phenoxy) is 1. The largest absolute Gasteiger partial charge is 0.495 e. The molecule has 1 aliphatic heterocycles. The van der Waals surface area contributed by atoms with Crippen LogP contribution in [0.15, 0.2) is 48.5 Å². The molecule has 142 valence electrons. The minimum Gasteiger partial charge on any atom is -0.495 e. The standard InChI is InChI=1S/C19H22N2O3.2ClH/c1-23-18-16(14-6-3-2-4-7-14)8-5-9-17(18)19(22)21-24-15-10-12-20-13-11-15;;/h2-9,15,20H,10-13H2,1H3,(H,21,22);2*1H. The average molecular weight is 399 g/mol. The van der Waals surface area contributed by atoms with Crippen LogP contribution < -0.4 is 15.5 Å². The number of carbonyl (C=O) groups is 1. The normalized spacial score (nSPS) is 13.9. The van der Waals surface area contributed by atoms with Crippen molar-refractivity contribution in [2.75, 3.05) is 20.2 Å². The van der Waals surface area contributed by atoms with Crippen molar-refractivity contribution in [3.05, 3.63) is 54.1 Å². The number of carbonyl (C=O) groups excluding carboxylic acids is 1. The zero-order valence-corrected chi connectivity index (χ0v) is 16.2. The summed E-state index contributed by atoms with van der Waals surface area (Å²) >= 11 is 0. The molecule has 1 amide bonds. The Bertz CT molecular complexity index is 692. The molecule has 2 aromatic rings.